The molecule has 26 heavy (non-hydrogen) atoms. The van der Waals surface area contributed by atoms with Gasteiger partial charge in [0.25, 0.3) is 0 Å². The van der Waals surface area contributed by atoms with Gasteiger partial charge in [-0.25, -0.2) is 9.78 Å². The van der Waals surface area contributed by atoms with Crippen molar-refractivity contribution in [3.8, 4) is 10.6 Å². The van der Waals surface area contributed by atoms with E-state index in [4.69, 9.17) is 9.15 Å². The van der Waals surface area contributed by atoms with Crippen molar-refractivity contribution in [1.82, 2.24) is 4.98 Å². The van der Waals surface area contributed by atoms with E-state index in [1.165, 1.54) is 11.3 Å². The number of esters is 1. The zero-order chi connectivity index (χ0) is 18.7. The van der Waals surface area contributed by atoms with Gasteiger partial charge in [0, 0.05) is 29.1 Å². The first-order valence-electron chi connectivity index (χ1n) is 8.44. The molecule has 1 aromatic carbocycles. The van der Waals surface area contributed by atoms with E-state index in [9.17, 15) is 9.59 Å². The molecule has 7 heteroatoms. The summed E-state index contributed by atoms with van der Waals surface area (Å²) in [7, 11) is 0. The normalized spacial score (nSPS) is 10.9. The van der Waals surface area contributed by atoms with E-state index in [0.29, 0.717) is 28.5 Å². The van der Waals surface area contributed by atoms with Crippen LogP contribution in [0, 0.1) is 6.92 Å². The lowest BCUT2D eigenvalue weighted by atomic mass is 10.1. The summed E-state index contributed by atoms with van der Waals surface area (Å²) in [5.41, 5.74) is 3.09. The van der Waals surface area contributed by atoms with Gasteiger partial charge >= 0.3 is 11.6 Å². The molecular weight excluding hydrogens is 352 g/mol. The number of nitrogens with zero attached hydrogens (tertiary/aromatic N) is 1. The summed E-state index contributed by atoms with van der Waals surface area (Å²) in [5, 5.41) is 6.38. The number of aryl methyl sites for hydroxylation is 1. The maximum Gasteiger partial charge on any atom is 0.346 e. The monoisotopic (exact) mass is 372 g/mol. The van der Waals surface area contributed by atoms with Crippen LogP contribution in [0.2, 0.25) is 0 Å². The van der Waals surface area contributed by atoms with E-state index in [-0.39, 0.29) is 12.4 Å². The molecule has 0 amide bonds. The Bertz CT molecular complexity index is 1010. The van der Waals surface area contributed by atoms with Crippen molar-refractivity contribution in [1.29, 1.82) is 0 Å². The first-order chi connectivity index (χ1) is 12.5. The predicted molar refractivity (Wildman–Crippen MR) is 103 cm³/mol. The molecule has 0 bridgehead atoms. The lowest BCUT2D eigenvalue weighted by molar-refractivity contribution is -0.142. The molecule has 136 valence electrons. The number of anilines is 1. The molecule has 2 aromatic heterocycles. The van der Waals surface area contributed by atoms with E-state index in [1.54, 1.807) is 18.4 Å². The smallest absolute Gasteiger partial charge is 0.346 e. The van der Waals surface area contributed by atoms with Gasteiger partial charge in [0.2, 0.25) is 0 Å². The largest absolute Gasteiger partial charge is 0.466 e. The van der Waals surface area contributed by atoms with Crippen LogP contribution >= 0.6 is 11.3 Å². The van der Waals surface area contributed by atoms with Crippen LogP contribution in [0.3, 0.4) is 0 Å². The number of aromatic nitrogens is 1. The fourth-order valence-corrected chi connectivity index (χ4v) is 3.51. The predicted octanol–water partition coefficient (Wildman–Crippen LogP) is 3.76. The summed E-state index contributed by atoms with van der Waals surface area (Å²) >= 11 is 1.31. The molecule has 0 fully saturated rings. The number of fused-ring (bicyclic) bond motifs is 1. The molecule has 1 N–H and O–H groups in total. The van der Waals surface area contributed by atoms with Crippen molar-refractivity contribution < 1.29 is 13.9 Å². The molecule has 0 aliphatic carbocycles. The quantitative estimate of drug-likeness (QED) is 0.524. The maximum absolute atomic E-state index is 12.4. The van der Waals surface area contributed by atoms with Crippen molar-refractivity contribution in [3.05, 3.63) is 45.3 Å². The molecule has 0 atom stereocenters. The molecule has 0 radical (unpaired) electrons. The van der Waals surface area contributed by atoms with Crippen LogP contribution in [0.15, 0.2) is 32.8 Å². The van der Waals surface area contributed by atoms with Crippen molar-refractivity contribution in [2.75, 3.05) is 18.5 Å². The third kappa shape index (κ3) is 3.77. The minimum atomic E-state index is -0.444. The van der Waals surface area contributed by atoms with Gasteiger partial charge in [-0.1, -0.05) is 0 Å². The van der Waals surface area contributed by atoms with Crippen LogP contribution in [-0.4, -0.2) is 24.1 Å². The molecular formula is C19H20N2O4S. The highest BCUT2D eigenvalue weighted by Gasteiger charge is 2.15. The number of hydrogen-bond donors (Lipinski definition) is 1. The number of ether oxygens (including phenoxy) is 1. The SMILES string of the molecule is CCNc1cc2oc(=O)c(-c3nc(CC(=O)OCC)cs3)cc2cc1C. The summed E-state index contributed by atoms with van der Waals surface area (Å²) in [6, 6.07) is 5.61. The number of benzene rings is 1. The van der Waals surface area contributed by atoms with Gasteiger partial charge in [-0.2, -0.15) is 0 Å². The lowest BCUT2D eigenvalue weighted by Crippen LogP contribution is -2.08. The second kappa shape index (κ2) is 7.70. The zero-order valence-electron chi connectivity index (χ0n) is 14.9. The highest BCUT2D eigenvalue weighted by Crippen LogP contribution is 2.28. The molecule has 3 aromatic rings. The van der Waals surface area contributed by atoms with Crippen molar-refractivity contribution in [3.63, 3.8) is 0 Å². The summed E-state index contributed by atoms with van der Waals surface area (Å²) in [4.78, 5) is 28.4. The number of nitrogens with one attached hydrogen (secondary N) is 1. The second-order valence-corrected chi connectivity index (χ2v) is 6.67. The summed E-state index contributed by atoms with van der Waals surface area (Å²) in [6.07, 6.45) is 0.0917. The third-order valence-corrected chi connectivity index (χ3v) is 4.78. The number of carbonyl (C=O) groups excluding carboxylic acids is 1. The lowest BCUT2D eigenvalue weighted by Gasteiger charge is -2.09. The van der Waals surface area contributed by atoms with E-state index in [1.807, 2.05) is 26.0 Å². The maximum atomic E-state index is 12.4. The van der Waals surface area contributed by atoms with Gasteiger partial charge in [-0.3, -0.25) is 4.79 Å². The average Bonchev–Trinajstić information content (AvgIpc) is 3.04. The average molecular weight is 372 g/mol. The molecule has 2 heterocycles. The van der Waals surface area contributed by atoms with Gasteiger partial charge < -0.3 is 14.5 Å². The fraction of sp³-hybridized carbons (Fsp3) is 0.316. The van der Waals surface area contributed by atoms with Gasteiger partial charge in [0.1, 0.15) is 10.6 Å². The number of hydrogen-bond acceptors (Lipinski definition) is 7. The Hall–Kier alpha value is -2.67. The minimum Gasteiger partial charge on any atom is -0.466 e. The van der Waals surface area contributed by atoms with Crippen LogP contribution in [0.1, 0.15) is 25.1 Å². The fourth-order valence-electron chi connectivity index (χ4n) is 2.68. The van der Waals surface area contributed by atoms with Crippen molar-refractivity contribution >= 4 is 34.0 Å². The van der Waals surface area contributed by atoms with Crippen molar-refractivity contribution in [2.24, 2.45) is 0 Å². The third-order valence-electron chi connectivity index (χ3n) is 3.86. The summed E-state index contributed by atoms with van der Waals surface area (Å²) in [6.45, 7) is 6.89. The Morgan fingerprint density at radius 1 is 1.31 bits per heavy atom. The standard InChI is InChI=1S/C19H20N2O4S/c1-4-20-15-9-16-12(6-11(15)3)7-14(19(23)25-16)18-21-13(10-26-18)8-17(22)24-5-2/h6-7,9-10,20H,4-5,8H2,1-3H3. The van der Waals surface area contributed by atoms with Gasteiger partial charge in [-0.15, -0.1) is 11.3 Å². The van der Waals surface area contributed by atoms with Crippen LogP contribution in [-0.2, 0) is 16.0 Å². The summed E-state index contributed by atoms with van der Waals surface area (Å²) < 4.78 is 10.4. The molecule has 6 nitrogen and oxygen atoms in total. The second-order valence-electron chi connectivity index (χ2n) is 5.81. The summed E-state index contributed by atoms with van der Waals surface area (Å²) in [5.74, 6) is -0.332. The topological polar surface area (TPSA) is 81.4 Å². The molecule has 0 aliphatic heterocycles. The molecule has 0 saturated heterocycles. The number of rotatable bonds is 6. The Kier molecular flexibility index (Phi) is 5.37. The van der Waals surface area contributed by atoms with E-state index in [2.05, 4.69) is 10.3 Å². The Balaban J connectivity index is 1.97. The Morgan fingerprint density at radius 3 is 2.85 bits per heavy atom. The molecule has 0 aliphatic rings. The first kappa shape index (κ1) is 18.1. The molecule has 0 saturated carbocycles. The van der Waals surface area contributed by atoms with Crippen LogP contribution in [0.25, 0.3) is 21.5 Å². The minimum absolute atomic E-state index is 0.0917. The van der Waals surface area contributed by atoms with Crippen LogP contribution in [0.4, 0.5) is 5.69 Å². The molecule has 0 unspecified atom stereocenters. The van der Waals surface area contributed by atoms with Gasteiger partial charge in [0.15, 0.2) is 0 Å². The van der Waals surface area contributed by atoms with Crippen molar-refractivity contribution in [2.45, 2.75) is 27.2 Å². The van der Waals surface area contributed by atoms with Gasteiger partial charge in [0.05, 0.1) is 24.3 Å². The highest BCUT2D eigenvalue weighted by atomic mass is 32.1. The first-order valence-corrected chi connectivity index (χ1v) is 9.32. The van der Waals surface area contributed by atoms with E-state index >= 15 is 0 Å². The number of carbonyl (C=O) groups is 1. The van der Waals surface area contributed by atoms with E-state index in [0.717, 1.165) is 23.2 Å². The van der Waals surface area contributed by atoms with Crippen LogP contribution < -0.4 is 10.9 Å². The number of thiazole rings is 1. The van der Waals surface area contributed by atoms with Crippen LogP contribution in [0.5, 0.6) is 0 Å². The van der Waals surface area contributed by atoms with Gasteiger partial charge in [-0.05, 0) is 38.5 Å². The highest BCUT2D eigenvalue weighted by molar-refractivity contribution is 7.13. The Labute approximate surface area is 154 Å². The molecule has 0 spiro atoms. The van der Waals surface area contributed by atoms with E-state index < -0.39 is 5.63 Å². The Morgan fingerprint density at radius 2 is 2.12 bits per heavy atom. The zero-order valence-corrected chi connectivity index (χ0v) is 15.7. The molecule has 3 rings (SSSR count).